The fourth-order valence-electron chi connectivity index (χ4n) is 4.29. The van der Waals surface area contributed by atoms with Crippen molar-refractivity contribution < 1.29 is 4.79 Å². The number of halogens is 1. The Morgan fingerprint density at radius 3 is 2.60 bits per heavy atom. The van der Waals surface area contributed by atoms with Gasteiger partial charge in [-0.15, -0.1) is 0 Å². The first kappa shape index (κ1) is 16.7. The van der Waals surface area contributed by atoms with Crippen LogP contribution in [0.15, 0.2) is 18.3 Å². The highest BCUT2D eigenvalue weighted by atomic mass is 35.5. The van der Waals surface area contributed by atoms with Gasteiger partial charge in [0.2, 0.25) is 5.91 Å². The molecule has 2 aromatic heterocycles. The van der Waals surface area contributed by atoms with Crippen LogP contribution in [0.1, 0.15) is 32.1 Å². The molecular formula is C18H24ClN5O. The van der Waals surface area contributed by atoms with Crippen LogP contribution in [0.5, 0.6) is 0 Å². The summed E-state index contributed by atoms with van der Waals surface area (Å²) < 4.78 is 0. The third kappa shape index (κ3) is 2.87. The number of carbonyl (C=O) groups excluding carboxylic acids is 1. The molecule has 4 rings (SSSR count). The van der Waals surface area contributed by atoms with Gasteiger partial charge < -0.3 is 15.6 Å². The number of likely N-dealkylation sites (tertiary alicyclic amines) is 1. The Morgan fingerprint density at radius 1 is 1.20 bits per heavy atom. The Labute approximate surface area is 152 Å². The van der Waals surface area contributed by atoms with Crippen LogP contribution in [-0.2, 0) is 4.79 Å². The monoisotopic (exact) mass is 361 g/mol. The van der Waals surface area contributed by atoms with Gasteiger partial charge in [0.15, 0.2) is 0 Å². The predicted octanol–water partition coefficient (Wildman–Crippen LogP) is 2.53. The molecule has 0 aromatic carbocycles. The second-order valence-corrected chi connectivity index (χ2v) is 7.54. The van der Waals surface area contributed by atoms with Crippen molar-refractivity contribution in [3.63, 3.8) is 0 Å². The standard InChI is InChI=1S/C18H24ClN5O/c19-14-12-15(22-16-13(14)4-7-21-16)23-10-5-18(6-11-23,17(20)25)24-8-2-1-3-9-24/h4,7,12H,1-3,5-6,8-11H2,(H2,20,25)(H,21,22). The average molecular weight is 362 g/mol. The van der Waals surface area contributed by atoms with E-state index in [-0.39, 0.29) is 5.91 Å². The summed E-state index contributed by atoms with van der Waals surface area (Å²) in [7, 11) is 0. The summed E-state index contributed by atoms with van der Waals surface area (Å²) >= 11 is 6.38. The van der Waals surface area contributed by atoms with Crippen LogP contribution in [0.3, 0.4) is 0 Å². The van der Waals surface area contributed by atoms with Gasteiger partial charge in [-0.25, -0.2) is 4.98 Å². The smallest absolute Gasteiger partial charge is 0.238 e. The Kier molecular flexibility index (Phi) is 4.33. The molecular weight excluding hydrogens is 338 g/mol. The number of primary amides is 1. The molecule has 2 aliphatic rings. The zero-order chi connectivity index (χ0) is 17.4. The number of nitrogens with zero attached hydrogens (tertiary/aromatic N) is 3. The summed E-state index contributed by atoms with van der Waals surface area (Å²) in [6.07, 6.45) is 6.88. The number of hydrogen-bond acceptors (Lipinski definition) is 4. The first-order valence-electron chi connectivity index (χ1n) is 9.04. The van der Waals surface area contributed by atoms with Crippen LogP contribution >= 0.6 is 11.6 Å². The first-order chi connectivity index (χ1) is 12.1. The molecule has 2 fully saturated rings. The van der Waals surface area contributed by atoms with Gasteiger partial charge in [-0.3, -0.25) is 9.69 Å². The Morgan fingerprint density at radius 2 is 1.92 bits per heavy atom. The van der Waals surface area contributed by atoms with Crippen molar-refractivity contribution in [2.24, 2.45) is 5.73 Å². The van der Waals surface area contributed by atoms with Crippen LogP contribution in [-0.4, -0.2) is 52.5 Å². The highest BCUT2D eigenvalue weighted by molar-refractivity contribution is 6.35. The quantitative estimate of drug-likeness (QED) is 0.880. The molecule has 2 aliphatic heterocycles. The van der Waals surface area contributed by atoms with Crippen LogP contribution in [0.4, 0.5) is 5.82 Å². The van der Waals surface area contributed by atoms with Gasteiger partial charge in [-0.1, -0.05) is 18.0 Å². The second-order valence-electron chi connectivity index (χ2n) is 7.13. The number of nitrogens with two attached hydrogens (primary N) is 1. The molecule has 0 radical (unpaired) electrons. The lowest BCUT2D eigenvalue weighted by Crippen LogP contribution is -2.63. The zero-order valence-corrected chi connectivity index (χ0v) is 15.1. The van der Waals surface area contributed by atoms with Crippen LogP contribution in [0, 0.1) is 0 Å². The number of pyridine rings is 1. The van der Waals surface area contributed by atoms with Crippen LogP contribution in [0.2, 0.25) is 5.02 Å². The molecule has 3 N–H and O–H groups in total. The van der Waals surface area contributed by atoms with E-state index < -0.39 is 5.54 Å². The molecule has 0 spiro atoms. The molecule has 134 valence electrons. The zero-order valence-electron chi connectivity index (χ0n) is 14.3. The molecule has 1 amide bonds. The fourth-order valence-corrected chi connectivity index (χ4v) is 4.54. The summed E-state index contributed by atoms with van der Waals surface area (Å²) in [5.74, 6) is 0.677. The highest BCUT2D eigenvalue weighted by Crippen LogP contribution is 2.34. The molecule has 4 heterocycles. The van der Waals surface area contributed by atoms with Gasteiger partial charge in [-0.05, 0) is 44.8 Å². The van der Waals surface area contributed by atoms with Crippen molar-refractivity contribution >= 4 is 34.4 Å². The van der Waals surface area contributed by atoms with Crippen molar-refractivity contribution in [1.82, 2.24) is 14.9 Å². The number of aromatic amines is 1. The third-order valence-electron chi connectivity index (χ3n) is 5.80. The van der Waals surface area contributed by atoms with E-state index in [4.69, 9.17) is 17.3 Å². The molecule has 0 unspecified atom stereocenters. The topological polar surface area (TPSA) is 78.3 Å². The minimum absolute atomic E-state index is 0.181. The third-order valence-corrected chi connectivity index (χ3v) is 6.11. The molecule has 6 nitrogen and oxygen atoms in total. The number of hydrogen-bond donors (Lipinski definition) is 2. The lowest BCUT2D eigenvalue weighted by Gasteiger charge is -2.48. The number of nitrogens with one attached hydrogen (secondary N) is 1. The number of amides is 1. The van der Waals surface area contributed by atoms with Crippen LogP contribution < -0.4 is 10.6 Å². The Balaban J connectivity index is 1.55. The van der Waals surface area contributed by atoms with Crippen molar-refractivity contribution in [2.45, 2.75) is 37.6 Å². The van der Waals surface area contributed by atoms with Crippen LogP contribution in [0.25, 0.3) is 11.0 Å². The number of fused-ring (bicyclic) bond motifs is 1. The minimum atomic E-state index is -0.503. The number of anilines is 1. The summed E-state index contributed by atoms with van der Waals surface area (Å²) in [5.41, 5.74) is 6.15. The minimum Gasteiger partial charge on any atom is -0.368 e. The van der Waals surface area contributed by atoms with Gasteiger partial charge >= 0.3 is 0 Å². The molecule has 0 saturated carbocycles. The van der Waals surface area contributed by atoms with Crippen molar-refractivity contribution in [2.75, 3.05) is 31.1 Å². The lowest BCUT2D eigenvalue weighted by atomic mass is 9.83. The highest BCUT2D eigenvalue weighted by Gasteiger charge is 2.45. The summed E-state index contributed by atoms with van der Waals surface area (Å²) in [4.78, 5) is 24.7. The molecule has 0 bridgehead atoms. The van der Waals surface area contributed by atoms with Crippen molar-refractivity contribution in [3.8, 4) is 0 Å². The number of rotatable bonds is 3. The fraction of sp³-hybridized carbons (Fsp3) is 0.556. The number of H-pyrrole nitrogens is 1. The largest absolute Gasteiger partial charge is 0.368 e. The van der Waals surface area contributed by atoms with Gasteiger partial charge in [0, 0.05) is 30.7 Å². The molecule has 2 saturated heterocycles. The van der Waals surface area contributed by atoms with E-state index >= 15 is 0 Å². The first-order valence-corrected chi connectivity index (χ1v) is 9.41. The van der Waals surface area contributed by atoms with E-state index in [1.165, 1.54) is 6.42 Å². The summed E-state index contributed by atoms with van der Waals surface area (Å²) in [6, 6.07) is 3.84. The van der Waals surface area contributed by atoms with Gasteiger partial charge in [0.25, 0.3) is 0 Å². The summed E-state index contributed by atoms with van der Waals surface area (Å²) in [6.45, 7) is 3.47. The van der Waals surface area contributed by atoms with Gasteiger partial charge in [0.05, 0.1) is 5.02 Å². The van der Waals surface area contributed by atoms with E-state index in [9.17, 15) is 4.79 Å². The molecule has 0 aliphatic carbocycles. The number of carbonyl (C=O) groups is 1. The normalized spacial score (nSPS) is 21.6. The van der Waals surface area contributed by atoms with Crippen molar-refractivity contribution in [3.05, 3.63) is 23.4 Å². The Bertz CT molecular complexity index is 775. The Hall–Kier alpha value is -1.79. The van der Waals surface area contributed by atoms with E-state index in [1.807, 2.05) is 18.3 Å². The van der Waals surface area contributed by atoms with E-state index in [2.05, 4.69) is 19.8 Å². The molecule has 7 heteroatoms. The SMILES string of the molecule is NC(=O)C1(N2CCCCC2)CCN(c2cc(Cl)c3cc[nH]c3n2)CC1. The average Bonchev–Trinajstić information content (AvgIpc) is 3.11. The lowest BCUT2D eigenvalue weighted by molar-refractivity contribution is -0.132. The van der Waals surface area contributed by atoms with E-state index in [0.717, 1.165) is 68.7 Å². The van der Waals surface area contributed by atoms with Crippen molar-refractivity contribution in [1.29, 1.82) is 0 Å². The molecule has 0 atom stereocenters. The van der Waals surface area contributed by atoms with Gasteiger partial charge in [-0.2, -0.15) is 0 Å². The predicted molar refractivity (Wildman–Crippen MR) is 99.9 cm³/mol. The van der Waals surface area contributed by atoms with E-state index in [0.29, 0.717) is 5.02 Å². The maximum Gasteiger partial charge on any atom is 0.238 e. The number of aromatic nitrogens is 2. The van der Waals surface area contributed by atoms with Gasteiger partial charge in [0.1, 0.15) is 17.0 Å². The second kappa shape index (κ2) is 6.50. The van der Waals surface area contributed by atoms with E-state index in [1.54, 1.807) is 0 Å². The summed E-state index contributed by atoms with van der Waals surface area (Å²) in [5, 5.41) is 1.63. The molecule has 25 heavy (non-hydrogen) atoms. The number of piperidine rings is 2. The maximum absolute atomic E-state index is 12.3. The maximum atomic E-state index is 12.3. The molecule has 2 aromatic rings.